The molecule has 3 aromatic carbocycles. The van der Waals surface area contributed by atoms with Crippen molar-refractivity contribution in [2.24, 2.45) is 0 Å². The molecule has 5 heteroatoms. The minimum Gasteiger partial charge on any atom is -0.497 e. The Morgan fingerprint density at radius 3 is 2.16 bits per heavy atom. The summed E-state index contributed by atoms with van der Waals surface area (Å²) in [7, 11) is 1.63. The van der Waals surface area contributed by atoms with Crippen molar-refractivity contribution < 1.29 is 14.1 Å². The topological polar surface area (TPSA) is 64.4 Å². The summed E-state index contributed by atoms with van der Waals surface area (Å²) in [6, 6.07) is 30.1. The van der Waals surface area contributed by atoms with Crippen LogP contribution >= 0.6 is 0 Å². The third-order valence-corrected chi connectivity index (χ3v) is 5.43. The lowest BCUT2D eigenvalue weighted by atomic mass is 9.88. The van der Waals surface area contributed by atoms with Gasteiger partial charge in [-0.1, -0.05) is 65.8 Å². The fraction of sp³-hybridized carbons (Fsp3) is 0.185. The molecule has 0 aliphatic heterocycles. The summed E-state index contributed by atoms with van der Waals surface area (Å²) < 4.78 is 10.6. The number of rotatable bonds is 9. The highest BCUT2D eigenvalue weighted by molar-refractivity contribution is 5.78. The first kappa shape index (κ1) is 21.4. The van der Waals surface area contributed by atoms with Gasteiger partial charge in [-0.15, -0.1) is 0 Å². The third-order valence-electron chi connectivity index (χ3n) is 5.43. The zero-order valence-electron chi connectivity index (χ0n) is 18.0. The van der Waals surface area contributed by atoms with E-state index in [0.29, 0.717) is 18.0 Å². The van der Waals surface area contributed by atoms with Crippen molar-refractivity contribution >= 4 is 5.91 Å². The van der Waals surface area contributed by atoms with E-state index in [2.05, 4.69) is 59.0 Å². The number of aromatic nitrogens is 1. The normalized spacial score (nSPS) is 10.8. The lowest BCUT2D eigenvalue weighted by Crippen LogP contribution is -2.27. The van der Waals surface area contributed by atoms with Gasteiger partial charge in [-0.05, 0) is 41.8 Å². The number of hydrogen-bond donors (Lipinski definition) is 1. The Balaban J connectivity index is 1.34. The minimum atomic E-state index is -0.0699. The van der Waals surface area contributed by atoms with Crippen molar-refractivity contribution in [2.45, 2.75) is 18.8 Å². The molecule has 0 aliphatic rings. The van der Waals surface area contributed by atoms with E-state index >= 15 is 0 Å². The molecular weight excluding hydrogens is 400 g/mol. The van der Waals surface area contributed by atoms with Crippen LogP contribution in [-0.2, 0) is 11.2 Å². The van der Waals surface area contributed by atoms with Crippen molar-refractivity contribution in [3.63, 3.8) is 0 Å². The molecular formula is C27H26N2O3. The van der Waals surface area contributed by atoms with Gasteiger partial charge in [0.05, 0.1) is 19.2 Å². The first-order chi connectivity index (χ1) is 15.7. The smallest absolute Gasteiger partial charge is 0.226 e. The molecule has 0 saturated heterocycles. The summed E-state index contributed by atoms with van der Waals surface area (Å²) in [4.78, 5) is 12.5. The molecule has 0 fully saturated rings. The molecule has 0 saturated carbocycles. The van der Waals surface area contributed by atoms with E-state index in [1.165, 1.54) is 11.1 Å². The van der Waals surface area contributed by atoms with Crippen LogP contribution in [0.3, 0.4) is 0 Å². The maximum Gasteiger partial charge on any atom is 0.226 e. The van der Waals surface area contributed by atoms with Gasteiger partial charge in [-0.2, -0.15) is 0 Å². The SMILES string of the molecule is COc1ccc(-c2cc(CC(=O)NCCC(c3ccccc3)c3ccccc3)no2)cc1. The summed E-state index contributed by atoms with van der Waals surface area (Å²) in [5.74, 6) is 1.56. The zero-order valence-corrected chi connectivity index (χ0v) is 18.0. The van der Waals surface area contributed by atoms with Crippen molar-refractivity contribution in [1.29, 1.82) is 0 Å². The quantitative estimate of drug-likeness (QED) is 0.398. The predicted molar refractivity (Wildman–Crippen MR) is 125 cm³/mol. The second-order valence-electron chi connectivity index (χ2n) is 7.60. The lowest BCUT2D eigenvalue weighted by molar-refractivity contribution is -0.120. The van der Waals surface area contributed by atoms with Gasteiger partial charge in [0.1, 0.15) is 5.75 Å². The van der Waals surface area contributed by atoms with E-state index in [1.54, 1.807) is 13.2 Å². The van der Waals surface area contributed by atoms with Crippen LogP contribution in [0.1, 0.15) is 29.2 Å². The first-order valence-electron chi connectivity index (χ1n) is 10.7. The van der Waals surface area contributed by atoms with E-state index < -0.39 is 0 Å². The van der Waals surface area contributed by atoms with E-state index in [9.17, 15) is 4.79 Å². The van der Waals surface area contributed by atoms with Gasteiger partial charge < -0.3 is 14.6 Å². The maximum atomic E-state index is 12.5. The predicted octanol–water partition coefficient (Wildman–Crippen LogP) is 5.23. The highest BCUT2D eigenvalue weighted by Gasteiger charge is 2.15. The van der Waals surface area contributed by atoms with Crippen LogP contribution in [-0.4, -0.2) is 24.7 Å². The summed E-state index contributed by atoms with van der Waals surface area (Å²) >= 11 is 0. The summed E-state index contributed by atoms with van der Waals surface area (Å²) in [5, 5.41) is 7.07. The number of carbonyl (C=O) groups excluding carboxylic acids is 1. The van der Waals surface area contributed by atoms with E-state index in [4.69, 9.17) is 9.26 Å². The molecule has 1 N–H and O–H groups in total. The van der Waals surface area contributed by atoms with Crippen LogP contribution < -0.4 is 10.1 Å². The van der Waals surface area contributed by atoms with Crippen molar-refractivity contribution in [1.82, 2.24) is 10.5 Å². The second kappa shape index (κ2) is 10.4. The molecule has 162 valence electrons. The molecule has 1 heterocycles. The van der Waals surface area contributed by atoms with E-state index in [-0.39, 0.29) is 18.2 Å². The van der Waals surface area contributed by atoms with Gasteiger partial charge in [0.15, 0.2) is 5.76 Å². The van der Waals surface area contributed by atoms with Gasteiger partial charge in [-0.25, -0.2) is 0 Å². The number of hydrogen-bond acceptors (Lipinski definition) is 4. The number of methoxy groups -OCH3 is 1. The minimum absolute atomic E-state index is 0.0699. The van der Waals surface area contributed by atoms with Crippen molar-refractivity contribution in [3.05, 3.63) is 108 Å². The molecule has 1 aromatic heterocycles. The Morgan fingerprint density at radius 2 is 1.56 bits per heavy atom. The summed E-state index contributed by atoms with van der Waals surface area (Å²) in [5.41, 5.74) is 3.98. The molecule has 0 unspecified atom stereocenters. The van der Waals surface area contributed by atoms with Crippen LogP contribution in [0.4, 0.5) is 0 Å². The van der Waals surface area contributed by atoms with Crippen LogP contribution in [0.2, 0.25) is 0 Å². The van der Waals surface area contributed by atoms with Crippen molar-refractivity contribution in [3.8, 4) is 17.1 Å². The monoisotopic (exact) mass is 426 g/mol. The Labute approximate surface area is 188 Å². The molecule has 0 bridgehead atoms. The van der Waals surface area contributed by atoms with Gasteiger partial charge in [0, 0.05) is 24.1 Å². The molecule has 5 nitrogen and oxygen atoms in total. The van der Waals surface area contributed by atoms with E-state index in [1.807, 2.05) is 36.4 Å². The van der Waals surface area contributed by atoms with Gasteiger partial charge in [0.25, 0.3) is 0 Å². The Morgan fingerprint density at radius 1 is 0.938 bits per heavy atom. The second-order valence-corrected chi connectivity index (χ2v) is 7.60. The number of nitrogens with zero attached hydrogens (tertiary/aromatic N) is 1. The molecule has 0 spiro atoms. The lowest BCUT2D eigenvalue weighted by Gasteiger charge is -2.18. The molecule has 0 radical (unpaired) electrons. The Hall–Kier alpha value is -3.86. The van der Waals surface area contributed by atoms with Gasteiger partial charge in [-0.3, -0.25) is 4.79 Å². The maximum absolute atomic E-state index is 12.5. The zero-order chi connectivity index (χ0) is 22.2. The number of amides is 1. The summed E-state index contributed by atoms with van der Waals surface area (Å²) in [6.45, 7) is 0.580. The summed E-state index contributed by atoms with van der Waals surface area (Å²) in [6.07, 6.45) is 0.997. The van der Waals surface area contributed by atoms with Crippen LogP contribution in [0.15, 0.2) is 95.5 Å². The largest absolute Gasteiger partial charge is 0.497 e. The van der Waals surface area contributed by atoms with Crippen LogP contribution in [0, 0.1) is 0 Å². The molecule has 4 rings (SSSR count). The molecule has 0 aliphatic carbocycles. The number of carbonyl (C=O) groups is 1. The standard InChI is InChI=1S/C27H26N2O3/c1-31-24-14-12-22(13-15-24)26-18-23(29-32-26)19-27(30)28-17-16-25(20-8-4-2-5-9-20)21-10-6-3-7-11-21/h2-15,18,25H,16-17,19H2,1H3,(H,28,30). The number of nitrogens with one attached hydrogen (secondary N) is 1. The van der Waals surface area contributed by atoms with Crippen LogP contribution in [0.5, 0.6) is 5.75 Å². The van der Waals surface area contributed by atoms with Gasteiger partial charge in [0.2, 0.25) is 5.91 Å². The average molecular weight is 427 g/mol. The fourth-order valence-electron chi connectivity index (χ4n) is 3.77. The Bertz CT molecular complexity index is 1080. The molecule has 0 atom stereocenters. The molecule has 32 heavy (non-hydrogen) atoms. The number of ether oxygens (including phenoxy) is 1. The molecule has 1 amide bonds. The van der Waals surface area contributed by atoms with Crippen molar-refractivity contribution in [2.75, 3.05) is 13.7 Å². The Kier molecular flexibility index (Phi) is 6.98. The average Bonchev–Trinajstić information content (AvgIpc) is 3.31. The van der Waals surface area contributed by atoms with E-state index in [0.717, 1.165) is 17.7 Å². The fourth-order valence-corrected chi connectivity index (χ4v) is 3.77. The first-order valence-corrected chi connectivity index (χ1v) is 10.7. The highest BCUT2D eigenvalue weighted by Crippen LogP contribution is 2.27. The third kappa shape index (κ3) is 5.43. The molecule has 4 aromatic rings. The number of benzene rings is 3. The van der Waals surface area contributed by atoms with Crippen LogP contribution in [0.25, 0.3) is 11.3 Å². The van der Waals surface area contributed by atoms with Gasteiger partial charge >= 0.3 is 0 Å². The highest BCUT2D eigenvalue weighted by atomic mass is 16.5.